The number of carbonyl (C=O) groups excluding carboxylic acids is 1. The summed E-state index contributed by atoms with van der Waals surface area (Å²) in [5, 5.41) is 2.64. The van der Waals surface area contributed by atoms with E-state index < -0.39 is 22.4 Å². The van der Waals surface area contributed by atoms with Crippen LogP contribution in [0.1, 0.15) is 22.8 Å². The molecule has 0 radical (unpaired) electrons. The molecule has 0 aliphatic rings. The normalized spacial score (nSPS) is 12.2. The Balaban J connectivity index is 1.72. The second kappa shape index (κ2) is 8.01. The van der Waals surface area contributed by atoms with E-state index in [9.17, 15) is 13.8 Å². The highest BCUT2D eigenvalue weighted by Gasteiger charge is 2.17. The first kappa shape index (κ1) is 19.1. The maximum Gasteiger partial charge on any atom is 0.339 e. The van der Waals surface area contributed by atoms with Crippen molar-refractivity contribution < 1.29 is 18.2 Å². The summed E-state index contributed by atoms with van der Waals surface area (Å²) < 4.78 is 23.1. The van der Waals surface area contributed by atoms with Crippen molar-refractivity contribution in [3.8, 4) is 0 Å². The average Bonchev–Trinajstić information content (AvgIpc) is 2.76. The van der Waals surface area contributed by atoms with Crippen LogP contribution >= 0.6 is 0 Å². The predicted octanol–water partition coefficient (Wildman–Crippen LogP) is 4.43. The number of carbonyl (C=O) groups is 1. The lowest BCUT2D eigenvalue weighted by molar-refractivity contribution is 0.0469. The van der Waals surface area contributed by atoms with E-state index in [0.717, 1.165) is 16.2 Å². The quantitative estimate of drug-likeness (QED) is 0.278. The highest BCUT2D eigenvalue weighted by Crippen LogP contribution is 2.28. The Morgan fingerprint density at radius 1 is 1.03 bits per heavy atom. The number of esters is 1. The minimum absolute atomic E-state index is 0.0952. The van der Waals surface area contributed by atoms with Crippen molar-refractivity contribution in [1.29, 1.82) is 0 Å². The largest absolute Gasteiger partial charge is 0.457 e. The van der Waals surface area contributed by atoms with Crippen molar-refractivity contribution in [2.75, 3.05) is 5.75 Å². The molecule has 29 heavy (non-hydrogen) atoms. The number of hydrogen-bond acceptors (Lipinski definition) is 5. The molecular formula is C23H18O5S. The lowest BCUT2D eigenvalue weighted by Gasteiger charge is -2.11. The van der Waals surface area contributed by atoms with Crippen LogP contribution in [0.5, 0.6) is 0 Å². The van der Waals surface area contributed by atoms with Crippen LogP contribution in [-0.4, -0.2) is 15.9 Å². The third kappa shape index (κ3) is 3.71. The number of fused-ring (bicyclic) bond motifs is 3. The lowest BCUT2D eigenvalue weighted by Crippen LogP contribution is -2.11. The zero-order valence-corrected chi connectivity index (χ0v) is 16.5. The molecule has 1 aromatic heterocycles. The van der Waals surface area contributed by atoms with E-state index in [1.165, 1.54) is 6.07 Å². The van der Waals surface area contributed by atoms with Crippen molar-refractivity contribution in [3.05, 3.63) is 88.3 Å². The van der Waals surface area contributed by atoms with E-state index in [1.54, 1.807) is 37.3 Å². The fourth-order valence-corrected chi connectivity index (χ4v) is 4.28. The van der Waals surface area contributed by atoms with Gasteiger partial charge in [0.1, 0.15) is 12.2 Å². The molecule has 146 valence electrons. The van der Waals surface area contributed by atoms with Gasteiger partial charge in [-0.3, -0.25) is 4.21 Å². The van der Waals surface area contributed by atoms with Crippen LogP contribution in [-0.2, 0) is 22.1 Å². The molecule has 3 aromatic carbocycles. The molecule has 4 aromatic rings. The molecule has 5 nitrogen and oxygen atoms in total. The summed E-state index contributed by atoms with van der Waals surface area (Å²) in [5.74, 6) is -0.176. The van der Waals surface area contributed by atoms with Gasteiger partial charge in [0.25, 0.3) is 0 Å². The molecule has 0 aliphatic heterocycles. The standard InChI is InChI=1S/C23H18O5S/c1-2-29(26)20-10-6-5-9-18(20)23(25)27-14-16-13-21(24)28-19-12-11-15-7-3-4-8-17(15)22(16)19/h3-13H,2,14H2,1H3/t29-/m0/s1. The Morgan fingerprint density at radius 2 is 1.79 bits per heavy atom. The van der Waals surface area contributed by atoms with Gasteiger partial charge in [-0.2, -0.15) is 0 Å². The van der Waals surface area contributed by atoms with E-state index in [2.05, 4.69) is 0 Å². The Labute approximate surface area is 169 Å². The Morgan fingerprint density at radius 3 is 2.62 bits per heavy atom. The summed E-state index contributed by atoms with van der Waals surface area (Å²) in [6, 6.07) is 19.4. The van der Waals surface area contributed by atoms with Gasteiger partial charge in [-0.25, -0.2) is 9.59 Å². The van der Waals surface area contributed by atoms with E-state index in [0.29, 0.717) is 21.8 Å². The van der Waals surface area contributed by atoms with Gasteiger partial charge >= 0.3 is 11.6 Å². The monoisotopic (exact) mass is 406 g/mol. The summed E-state index contributed by atoms with van der Waals surface area (Å²) in [5.41, 5.74) is 0.765. The predicted molar refractivity (Wildman–Crippen MR) is 113 cm³/mol. The second-order valence-electron chi connectivity index (χ2n) is 6.46. The Bertz CT molecular complexity index is 1310. The Kier molecular flexibility index (Phi) is 5.27. The van der Waals surface area contributed by atoms with Gasteiger partial charge in [-0.1, -0.05) is 49.4 Å². The zero-order valence-electron chi connectivity index (χ0n) is 15.7. The molecule has 0 unspecified atom stereocenters. The van der Waals surface area contributed by atoms with Crippen molar-refractivity contribution in [1.82, 2.24) is 0 Å². The maximum absolute atomic E-state index is 12.7. The van der Waals surface area contributed by atoms with E-state index in [-0.39, 0.29) is 12.2 Å². The minimum Gasteiger partial charge on any atom is -0.457 e. The molecule has 0 spiro atoms. The van der Waals surface area contributed by atoms with E-state index >= 15 is 0 Å². The lowest BCUT2D eigenvalue weighted by atomic mass is 10.0. The van der Waals surface area contributed by atoms with Gasteiger partial charge in [0.15, 0.2) is 0 Å². The van der Waals surface area contributed by atoms with Crippen LogP contribution in [0.2, 0.25) is 0 Å². The topological polar surface area (TPSA) is 73.6 Å². The number of ether oxygens (including phenoxy) is 1. The van der Waals surface area contributed by atoms with Crippen molar-refractivity contribution in [3.63, 3.8) is 0 Å². The second-order valence-corrected chi connectivity index (χ2v) is 8.17. The van der Waals surface area contributed by atoms with Crippen molar-refractivity contribution >= 4 is 38.5 Å². The third-order valence-electron chi connectivity index (χ3n) is 4.69. The first-order chi connectivity index (χ1) is 14.1. The molecule has 0 N–H and O–H groups in total. The molecule has 0 saturated heterocycles. The summed E-state index contributed by atoms with van der Waals surface area (Å²) in [7, 11) is -1.28. The van der Waals surface area contributed by atoms with Gasteiger partial charge < -0.3 is 9.15 Å². The highest BCUT2D eigenvalue weighted by molar-refractivity contribution is 7.85. The molecule has 0 amide bonds. The van der Waals surface area contributed by atoms with Crippen LogP contribution in [0, 0.1) is 0 Å². The summed E-state index contributed by atoms with van der Waals surface area (Å²) in [6.45, 7) is 1.70. The van der Waals surface area contributed by atoms with Crippen LogP contribution < -0.4 is 5.63 Å². The molecule has 0 saturated carbocycles. The SMILES string of the molecule is CC[S@](=O)c1ccccc1C(=O)OCc1cc(=O)oc2ccc3ccccc3c12. The van der Waals surface area contributed by atoms with Gasteiger partial charge in [-0.05, 0) is 29.0 Å². The summed E-state index contributed by atoms with van der Waals surface area (Å²) in [4.78, 5) is 25.1. The van der Waals surface area contributed by atoms with Gasteiger partial charge in [0, 0.05) is 22.8 Å². The summed E-state index contributed by atoms with van der Waals surface area (Å²) in [6.07, 6.45) is 0. The molecule has 6 heteroatoms. The van der Waals surface area contributed by atoms with Crippen LogP contribution in [0.3, 0.4) is 0 Å². The summed E-state index contributed by atoms with van der Waals surface area (Å²) >= 11 is 0. The fraction of sp³-hybridized carbons (Fsp3) is 0.130. The van der Waals surface area contributed by atoms with Crippen LogP contribution in [0.15, 0.2) is 80.8 Å². The highest BCUT2D eigenvalue weighted by atomic mass is 32.2. The van der Waals surface area contributed by atoms with Gasteiger partial charge in [-0.15, -0.1) is 0 Å². The van der Waals surface area contributed by atoms with E-state index in [4.69, 9.17) is 9.15 Å². The molecule has 4 rings (SSSR count). The Hall–Kier alpha value is -3.25. The van der Waals surface area contributed by atoms with Crippen molar-refractivity contribution in [2.45, 2.75) is 18.4 Å². The molecule has 1 heterocycles. The number of rotatable bonds is 5. The average molecular weight is 406 g/mol. The molecular weight excluding hydrogens is 388 g/mol. The van der Waals surface area contributed by atoms with Gasteiger partial charge in [0.05, 0.1) is 21.3 Å². The van der Waals surface area contributed by atoms with E-state index in [1.807, 2.05) is 30.3 Å². The molecule has 1 atom stereocenters. The van der Waals surface area contributed by atoms with Crippen LogP contribution in [0.25, 0.3) is 21.7 Å². The molecule has 0 bridgehead atoms. The molecule has 0 aliphatic carbocycles. The smallest absolute Gasteiger partial charge is 0.339 e. The third-order valence-corrected chi connectivity index (χ3v) is 6.06. The minimum atomic E-state index is -1.28. The first-order valence-corrected chi connectivity index (χ1v) is 10.5. The number of benzene rings is 3. The first-order valence-electron chi connectivity index (χ1n) is 9.17. The van der Waals surface area contributed by atoms with Crippen LogP contribution in [0.4, 0.5) is 0 Å². The van der Waals surface area contributed by atoms with Gasteiger partial charge in [0.2, 0.25) is 0 Å². The molecule has 0 fully saturated rings. The van der Waals surface area contributed by atoms with Crippen molar-refractivity contribution in [2.24, 2.45) is 0 Å². The maximum atomic E-state index is 12.7. The number of hydrogen-bond donors (Lipinski definition) is 0. The zero-order chi connectivity index (χ0) is 20.4. The fourth-order valence-electron chi connectivity index (χ4n) is 3.34.